The second-order valence-corrected chi connectivity index (χ2v) is 5.85. The third-order valence-corrected chi connectivity index (χ3v) is 3.67. The summed E-state index contributed by atoms with van der Waals surface area (Å²) >= 11 is 1.22. The van der Waals surface area contributed by atoms with Crippen LogP contribution in [0.25, 0.3) is 0 Å². The molecule has 1 amide bonds. The van der Waals surface area contributed by atoms with E-state index >= 15 is 0 Å². The molecule has 4 N–H and O–H groups in total. The minimum Gasteiger partial charge on any atom is -0.382 e. The largest absolute Gasteiger partial charge is 0.382 e. The van der Waals surface area contributed by atoms with Crippen LogP contribution in [0.4, 0.5) is 10.9 Å². The van der Waals surface area contributed by atoms with Crippen LogP contribution in [-0.4, -0.2) is 40.2 Å². The Bertz CT molecular complexity index is 419. The Morgan fingerprint density at radius 3 is 2.88 bits per heavy atom. The Labute approximate surface area is 106 Å². The summed E-state index contributed by atoms with van der Waals surface area (Å²) in [5, 5.41) is 6.29. The van der Waals surface area contributed by atoms with Crippen LogP contribution in [0, 0.1) is 0 Å². The zero-order chi connectivity index (χ0) is 12.8. The van der Waals surface area contributed by atoms with Crippen molar-refractivity contribution < 1.29 is 9.00 Å². The predicted octanol–water partition coefficient (Wildman–Crippen LogP) is 0.265. The first-order valence-electron chi connectivity index (χ1n) is 5.13. The van der Waals surface area contributed by atoms with E-state index in [-0.39, 0.29) is 11.7 Å². The maximum atomic E-state index is 11.7. The molecule has 0 aliphatic heterocycles. The molecule has 1 aromatic heterocycles. The van der Waals surface area contributed by atoms with Gasteiger partial charge in [0.1, 0.15) is 10.7 Å². The summed E-state index contributed by atoms with van der Waals surface area (Å²) in [4.78, 5) is 16.1. The number of aromatic nitrogens is 1. The molecule has 1 aromatic rings. The standard InChI is InChI=1S/C9H16N4O2S2/c1-3-11-9-13-7(10)6(16-9)8(14)12-4-5-17(2)15/h3-5,10H2,1-2H3,(H,11,13)(H,12,14). The second kappa shape index (κ2) is 6.55. The number of amides is 1. The Morgan fingerprint density at radius 1 is 1.59 bits per heavy atom. The van der Waals surface area contributed by atoms with Crippen molar-refractivity contribution in [1.29, 1.82) is 0 Å². The first kappa shape index (κ1) is 13.9. The zero-order valence-corrected chi connectivity index (χ0v) is 11.4. The Morgan fingerprint density at radius 2 is 2.29 bits per heavy atom. The lowest BCUT2D eigenvalue weighted by atomic mass is 10.4. The first-order chi connectivity index (χ1) is 8.04. The van der Waals surface area contributed by atoms with E-state index in [9.17, 15) is 9.00 Å². The van der Waals surface area contributed by atoms with Crippen molar-refractivity contribution in [2.45, 2.75) is 6.92 Å². The van der Waals surface area contributed by atoms with Gasteiger partial charge in [-0.25, -0.2) is 4.98 Å². The minimum atomic E-state index is -0.912. The van der Waals surface area contributed by atoms with Crippen LogP contribution in [0.15, 0.2) is 0 Å². The van der Waals surface area contributed by atoms with E-state index in [1.54, 1.807) is 6.26 Å². The highest BCUT2D eigenvalue weighted by atomic mass is 32.2. The summed E-state index contributed by atoms with van der Waals surface area (Å²) in [6.45, 7) is 3.03. The number of hydrogen-bond donors (Lipinski definition) is 3. The molecule has 0 radical (unpaired) electrons. The molecule has 17 heavy (non-hydrogen) atoms. The maximum Gasteiger partial charge on any atom is 0.265 e. The van der Waals surface area contributed by atoms with Gasteiger partial charge >= 0.3 is 0 Å². The minimum absolute atomic E-state index is 0.223. The highest BCUT2D eigenvalue weighted by Gasteiger charge is 2.15. The number of nitrogens with two attached hydrogens (primary N) is 1. The Kier molecular flexibility index (Phi) is 5.36. The lowest BCUT2D eigenvalue weighted by Gasteiger charge is -2.01. The second-order valence-electron chi connectivity index (χ2n) is 3.30. The van der Waals surface area contributed by atoms with Crippen molar-refractivity contribution >= 4 is 39.0 Å². The van der Waals surface area contributed by atoms with Gasteiger partial charge in [0.25, 0.3) is 5.91 Å². The normalized spacial score (nSPS) is 12.1. The van der Waals surface area contributed by atoms with E-state index in [0.717, 1.165) is 6.54 Å². The average molecular weight is 276 g/mol. The van der Waals surface area contributed by atoms with Crippen molar-refractivity contribution in [2.24, 2.45) is 0 Å². The summed E-state index contributed by atoms with van der Waals surface area (Å²) < 4.78 is 10.8. The molecule has 0 aliphatic carbocycles. The van der Waals surface area contributed by atoms with Crippen LogP contribution >= 0.6 is 11.3 Å². The van der Waals surface area contributed by atoms with E-state index in [2.05, 4.69) is 15.6 Å². The van der Waals surface area contributed by atoms with Gasteiger partial charge in [-0.05, 0) is 6.92 Å². The van der Waals surface area contributed by atoms with Crippen LogP contribution in [0.2, 0.25) is 0 Å². The molecule has 0 saturated heterocycles. The molecule has 1 atom stereocenters. The van der Waals surface area contributed by atoms with Gasteiger partial charge in [0.05, 0.1) is 0 Å². The topological polar surface area (TPSA) is 97.1 Å². The van der Waals surface area contributed by atoms with Gasteiger partial charge in [-0.2, -0.15) is 0 Å². The number of thiazole rings is 1. The number of rotatable bonds is 6. The third-order valence-electron chi connectivity index (χ3n) is 1.86. The summed E-state index contributed by atoms with van der Waals surface area (Å²) in [6.07, 6.45) is 1.59. The van der Waals surface area contributed by atoms with Crippen LogP contribution < -0.4 is 16.4 Å². The van der Waals surface area contributed by atoms with E-state index in [0.29, 0.717) is 22.3 Å². The molecular weight excluding hydrogens is 260 g/mol. The molecular formula is C9H16N4O2S2. The van der Waals surface area contributed by atoms with Gasteiger partial charge in [-0.15, -0.1) is 0 Å². The molecule has 0 bridgehead atoms. The fraction of sp³-hybridized carbons (Fsp3) is 0.556. The molecule has 0 fully saturated rings. The highest BCUT2D eigenvalue weighted by Crippen LogP contribution is 2.24. The number of carbonyl (C=O) groups excluding carboxylic acids is 1. The smallest absolute Gasteiger partial charge is 0.265 e. The predicted molar refractivity (Wildman–Crippen MR) is 72.0 cm³/mol. The molecule has 6 nitrogen and oxygen atoms in total. The molecule has 0 saturated carbocycles. The Balaban J connectivity index is 2.59. The maximum absolute atomic E-state index is 11.7. The van der Waals surface area contributed by atoms with Gasteiger partial charge in [-0.1, -0.05) is 11.3 Å². The summed E-state index contributed by atoms with van der Waals surface area (Å²) in [6, 6.07) is 0. The zero-order valence-electron chi connectivity index (χ0n) is 9.78. The lowest BCUT2D eigenvalue weighted by molar-refractivity contribution is 0.0961. The molecule has 0 aromatic carbocycles. The fourth-order valence-corrected chi connectivity index (χ4v) is 2.37. The van der Waals surface area contributed by atoms with Crippen LogP contribution in [0.3, 0.4) is 0 Å². The van der Waals surface area contributed by atoms with Crippen molar-refractivity contribution in [3.63, 3.8) is 0 Å². The highest BCUT2D eigenvalue weighted by molar-refractivity contribution is 7.84. The van der Waals surface area contributed by atoms with E-state index < -0.39 is 10.8 Å². The van der Waals surface area contributed by atoms with Gasteiger partial charge < -0.3 is 16.4 Å². The summed E-state index contributed by atoms with van der Waals surface area (Å²) in [5.74, 6) is 0.389. The molecule has 1 rings (SSSR count). The van der Waals surface area contributed by atoms with Gasteiger partial charge in [0.15, 0.2) is 5.13 Å². The number of nitrogen functional groups attached to an aromatic ring is 1. The monoisotopic (exact) mass is 276 g/mol. The molecule has 0 aliphatic rings. The molecule has 0 spiro atoms. The quantitative estimate of drug-likeness (QED) is 0.692. The third kappa shape index (κ3) is 4.31. The number of nitrogens with one attached hydrogen (secondary N) is 2. The van der Waals surface area contributed by atoms with E-state index in [1.807, 2.05) is 6.92 Å². The molecule has 96 valence electrons. The van der Waals surface area contributed by atoms with Crippen LogP contribution in [-0.2, 0) is 10.8 Å². The number of carbonyl (C=O) groups is 1. The summed E-state index contributed by atoms with van der Waals surface area (Å²) in [5.41, 5.74) is 5.64. The van der Waals surface area contributed by atoms with Crippen LogP contribution in [0.5, 0.6) is 0 Å². The van der Waals surface area contributed by atoms with Crippen molar-refractivity contribution in [1.82, 2.24) is 10.3 Å². The molecule has 1 heterocycles. The Hall–Kier alpha value is -1.15. The number of hydrogen-bond acceptors (Lipinski definition) is 6. The fourth-order valence-electron chi connectivity index (χ4n) is 1.11. The van der Waals surface area contributed by atoms with Crippen molar-refractivity contribution in [2.75, 3.05) is 36.1 Å². The molecule has 1 unspecified atom stereocenters. The molecule has 8 heteroatoms. The van der Waals surface area contributed by atoms with Crippen molar-refractivity contribution in [3.05, 3.63) is 4.88 Å². The average Bonchev–Trinajstić information content (AvgIpc) is 2.59. The number of anilines is 2. The number of nitrogens with zero attached hydrogens (tertiary/aromatic N) is 1. The van der Waals surface area contributed by atoms with Gasteiger partial charge in [0, 0.05) is 35.9 Å². The lowest BCUT2D eigenvalue weighted by Crippen LogP contribution is -2.27. The summed E-state index contributed by atoms with van der Waals surface area (Å²) in [7, 11) is -0.912. The first-order valence-corrected chi connectivity index (χ1v) is 7.67. The van der Waals surface area contributed by atoms with Crippen LogP contribution in [0.1, 0.15) is 16.6 Å². The SMILES string of the molecule is CCNc1nc(N)c(C(=O)NCCS(C)=O)s1. The van der Waals surface area contributed by atoms with E-state index in [4.69, 9.17) is 5.73 Å². The van der Waals surface area contributed by atoms with E-state index in [1.165, 1.54) is 11.3 Å². The van der Waals surface area contributed by atoms with Crippen molar-refractivity contribution in [3.8, 4) is 0 Å². The van der Waals surface area contributed by atoms with Gasteiger partial charge in [0.2, 0.25) is 0 Å². The van der Waals surface area contributed by atoms with Gasteiger partial charge in [-0.3, -0.25) is 9.00 Å².